The van der Waals surface area contributed by atoms with Gasteiger partial charge in [0.15, 0.2) is 0 Å². The lowest BCUT2D eigenvalue weighted by atomic mass is 10.1. The highest BCUT2D eigenvalue weighted by molar-refractivity contribution is 7.84. The van der Waals surface area contributed by atoms with Gasteiger partial charge in [-0.15, -0.1) is 0 Å². The molecule has 118 valence electrons. The zero-order valence-corrected chi connectivity index (χ0v) is 13.8. The molecule has 0 radical (unpaired) electrons. The molecule has 0 aromatic heterocycles. The maximum atomic E-state index is 13.1. The average Bonchev–Trinajstić information content (AvgIpc) is 2.51. The standard InChI is InChI=1S/C18H22FNOS/c1-14(16-8-10-18(11-9-16)22(2)21)20-12-4-6-15-5-3-7-17(19)13-15/h3,5,7-11,13-14,20H,4,6,12H2,1-2H3/t14-,22-/m1/s1. The van der Waals surface area contributed by atoms with Gasteiger partial charge in [-0.25, -0.2) is 4.39 Å². The summed E-state index contributed by atoms with van der Waals surface area (Å²) in [6.07, 6.45) is 3.51. The minimum absolute atomic E-state index is 0.174. The quantitative estimate of drug-likeness (QED) is 0.786. The first-order chi connectivity index (χ1) is 10.6. The Kier molecular flexibility index (Phi) is 6.28. The van der Waals surface area contributed by atoms with Crippen LogP contribution in [0.4, 0.5) is 4.39 Å². The Hall–Kier alpha value is -1.52. The first-order valence-electron chi connectivity index (χ1n) is 7.47. The van der Waals surface area contributed by atoms with Crippen LogP contribution in [-0.4, -0.2) is 17.0 Å². The molecular weight excluding hydrogens is 297 g/mol. The van der Waals surface area contributed by atoms with Gasteiger partial charge >= 0.3 is 0 Å². The van der Waals surface area contributed by atoms with Crippen molar-refractivity contribution in [3.63, 3.8) is 0 Å². The summed E-state index contributed by atoms with van der Waals surface area (Å²) >= 11 is 0. The third-order valence-electron chi connectivity index (χ3n) is 3.69. The molecule has 0 amide bonds. The normalized spacial score (nSPS) is 13.8. The van der Waals surface area contributed by atoms with Gasteiger partial charge in [-0.05, 0) is 61.7 Å². The van der Waals surface area contributed by atoms with E-state index in [9.17, 15) is 8.60 Å². The molecule has 0 aliphatic heterocycles. The lowest BCUT2D eigenvalue weighted by molar-refractivity contribution is 0.557. The van der Waals surface area contributed by atoms with Crippen LogP contribution in [-0.2, 0) is 17.2 Å². The number of hydrogen-bond acceptors (Lipinski definition) is 2. The summed E-state index contributed by atoms with van der Waals surface area (Å²) in [5.41, 5.74) is 2.21. The minimum atomic E-state index is -0.931. The van der Waals surface area contributed by atoms with Gasteiger partial charge in [0.25, 0.3) is 0 Å². The van der Waals surface area contributed by atoms with E-state index in [4.69, 9.17) is 0 Å². The van der Waals surface area contributed by atoms with E-state index < -0.39 is 10.8 Å². The molecule has 0 aliphatic rings. The Morgan fingerprint density at radius 3 is 2.55 bits per heavy atom. The number of nitrogens with one attached hydrogen (secondary N) is 1. The molecule has 2 aromatic rings. The smallest absolute Gasteiger partial charge is 0.123 e. The van der Waals surface area contributed by atoms with Crippen LogP contribution >= 0.6 is 0 Å². The molecule has 2 rings (SSSR count). The minimum Gasteiger partial charge on any atom is -0.310 e. The van der Waals surface area contributed by atoms with E-state index in [1.54, 1.807) is 18.4 Å². The van der Waals surface area contributed by atoms with Gasteiger partial charge in [0, 0.05) is 28.0 Å². The summed E-state index contributed by atoms with van der Waals surface area (Å²) in [5.74, 6) is -0.174. The molecule has 2 nitrogen and oxygen atoms in total. The Bertz CT molecular complexity index is 627. The van der Waals surface area contributed by atoms with Gasteiger partial charge in [0.1, 0.15) is 5.82 Å². The van der Waals surface area contributed by atoms with Crippen molar-refractivity contribution in [2.24, 2.45) is 0 Å². The van der Waals surface area contributed by atoms with E-state index in [1.807, 2.05) is 30.3 Å². The highest BCUT2D eigenvalue weighted by Crippen LogP contribution is 2.15. The van der Waals surface area contributed by atoms with Gasteiger partial charge in [-0.3, -0.25) is 4.21 Å². The molecule has 0 saturated heterocycles. The molecule has 0 saturated carbocycles. The molecule has 0 unspecified atom stereocenters. The first kappa shape index (κ1) is 16.8. The van der Waals surface area contributed by atoms with Crippen molar-refractivity contribution in [1.82, 2.24) is 5.32 Å². The molecule has 22 heavy (non-hydrogen) atoms. The third-order valence-corrected chi connectivity index (χ3v) is 4.63. The van der Waals surface area contributed by atoms with E-state index in [-0.39, 0.29) is 11.9 Å². The molecule has 0 spiro atoms. The number of halogens is 1. The van der Waals surface area contributed by atoms with Crippen molar-refractivity contribution in [2.45, 2.75) is 30.7 Å². The van der Waals surface area contributed by atoms with Crippen LogP contribution in [0.2, 0.25) is 0 Å². The first-order valence-corrected chi connectivity index (χ1v) is 9.03. The van der Waals surface area contributed by atoms with Crippen LogP contribution in [0.5, 0.6) is 0 Å². The SMILES string of the molecule is C[C@@H](NCCCc1cccc(F)c1)c1ccc([S@@](C)=O)cc1. The number of benzene rings is 2. The Morgan fingerprint density at radius 2 is 1.91 bits per heavy atom. The highest BCUT2D eigenvalue weighted by atomic mass is 32.2. The molecule has 0 aliphatic carbocycles. The fraction of sp³-hybridized carbons (Fsp3) is 0.333. The number of aryl methyl sites for hydroxylation is 1. The predicted octanol–water partition coefficient (Wildman–Crippen LogP) is 3.85. The lowest BCUT2D eigenvalue weighted by Crippen LogP contribution is -2.20. The maximum absolute atomic E-state index is 13.1. The molecule has 1 N–H and O–H groups in total. The van der Waals surface area contributed by atoms with Crippen LogP contribution in [0.25, 0.3) is 0 Å². The Morgan fingerprint density at radius 1 is 1.18 bits per heavy atom. The second kappa shape index (κ2) is 8.20. The van der Waals surface area contributed by atoms with E-state index in [0.717, 1.165) is 29.8 Å². The number of hydrogen-bond donors (Lipinski definition) is 1. The van der Waals surface area contributed by atoms with Crippen molar-refractivity contribution in [1.29, 1.82) is 0 Å². The van der Waals surface area contributed by atoms with Crippen LogP contribution in [0.15, 0.2) is 53.4 Å². The fourth-order valence-electron chi connectivity index (χ4n) is 2.37. The topological polar surface area (TPSA) is 29.1 Å². The summed E-state index contributed by atoms with van der Waals surface area (Å²) < 4.78 is 24.4. The second-order valence-electron chi connectivity index (χ2n) is 5.43. The average molecular weight is 319 g/mol. The summed E-state index contributed by atoms with van der Waals surface area (Å²) in [6, 6.07) is 14.9. The maximum Gasteiger partial charge on any atom is 0.123 e. The summed E-state index contributed by atoms with van der Waals surface area (Å²) in [5, 5.41) is 3.46. The summed E-state index contributed by atoms with van der Waals surface area (Å²) in [6.45, 7) is 2.99. The van der Waals surface area contributed by atoms with Gasteiger partial charge in [0.05, 0.1) is 0 Å². The molecule has 0 bridgehead atoms. The van der Waals surface area contributed by atoms with Crippen LogP contribution in [0.3, 0.4) is 0 Å². The van der Waals surface area contributed by atoms with E-state index in [0.29, 0.717) is 0 Å². The lowest BCUT2D eigenvalue weighted by Gasteiger charge is -2.14. The van der Waals surface area contributed by atoms with Gasteiger partial charge in [-0.2, -0.15) is 0 Å². The molecule has 0 fully saturated rings. The van der Waals surface area contributed by atoms with Gasteiger partial charge in [-0.1, -0.05) is 24.3 Å². The van der Waals surface area contributed by atoms with Gasteiger partial charge < -0.3 is 5.32 Å². The Labute approximate surface area is 134 Å². The highest BCUT2D eigenvalue weighted by Gasteiger charge is 2.05. The van der Waals surface area contributed by atoms with Crippen molar-refractivity contribution in [3.05, 3.63) is 65.5 Å². The Balaban J connectivity index is 1.77. The van der Waals surface area contributed by atoms with Gasteiger partial charge in [0.2, 0.25) is 0 Å². The molecule has 2 atom stereocenters. The summed E-state index contributed by atoms with van der Waals surface area (Å²) in [7, 11) is -0.931. The molecule has 0 heterocycles. The zero-order chi connectivity index (χ0) is 15.9. The monoisotopic (exact) mass is 319 g/mol. The molecule has 4 heteroatoms. The predicted molar refractivity (Wildman–Crippen MR) is 89.9 cm³/mol. The largest absolute Gasteiger partial charge is 0.310 e. The van der Waals surface area contributed by atoms with E-state index in [1.165, 1.54) is 11.6 Å². The van der Waals surface area contributed by atoms with Crippen molar-refractivity contribution in [3.8, 4) is 0 Å². The van der Waals surface area contributed by atoms with Crippen molar-refractivity contribution < 1.29 is 8.60 Å². The van der Waals surface area contributed by atoms with Crippen molar-refractivity contribution in [2.75, 3.05) is 12.8 Å². The molecule has 2 aromatic carbocycles. The van der Waals surface area contributed by atoms with E-state index in [2.05, 4.69) is 12.2 Å². The summed E-state index contributed by atoms with van der Waals surface area (Å²) in [4.78, 5) is 0.849. The van der Waals surface area contributed by atoms with Crippen molar-refractivity contribution >= 4 is 10.8 Å². The van der Waals surface area contributed by atoms with Crippen LogP contribution in [0.1, 0.15) is 30.5 Å². The fourth-order valence-corrected chi connectivity index (χ4v) is 2.89. The number of rotatable bonds is 7. The van der Waals surface area contributed by atoms with Crippen LogP contribution in [0, 0.1) is 5.82 Å². The molecular formula is C18H22FNOS. The van der Waals surface area contributed by atoms with Crippen LogP contribution < -0.4 is 5.32 Å². The second-order valence-corrected chi connectivity index (χ2v) is 6.81. The zero-order valence-electron chi connectivity index (χ0n) is 13.0. The van der Waals surface area contributed by atoms with E-state index >= 15 is 0 Å². The third kappa shape index (κ3) is 5.04.